The highest BCUT2D eigenvalue weighted by Gasteiger charge is 2.33. The van der Waals surface area contributed by atoms with Crippen LogP contribution < -0.4 is 5.73 Å². The topological polar surface area (TPSA) is 68.0 Å². The minimum Gasteiger partial charge on any atom is -0.491 e. The molecule has 0 amide bonds. The SMILES string of the molecule is N[C@H](CN1CCCC1)[C@H](O)C1CCC2=C(C1)OCCO2. The maximum absolute atomic E-state index is 10.5. The van der Waals surface area contributed by atoms with Gasteiger partial charge in [0.25, 0.3) is 0 Å². The fourth-order valence-electron chi connectivity index (χ4n) is 3.54. The molecule has 3 atom stereocenters. The predicted octanol–water partition coefficient (Wildman–Crippen LogP) is 0.829. The summed E-state index contributed by atoms with van der Waals surface area (Å²) in [4.78, 5) is 2.36. The van der Waals surface area contributed by atoms with E-state index in [1.165, 1.54) is 12.8 Å². The van der Waals surface area contributed by atoms with Crippen LogP contribution in [0.1, 0.15) is 32.1 Å². The zero-order valence-corrected chi connectivity index (χ0v) is 12.1. The molecule has 2 heterocycles. The van der Waals surface area contributed by atoms with Gasteiger partial charge in [0.1, 0.15) is 24.7 Å². The van der Waals surface area contributed by atoms with E-state index in [1.54, 1.807) is 0 Å². The van der Waals surface area contributed by atoms with Crippen LogP contribution in [-0.4, -0.2) is 55.0 Å². The highest BCUT2D eigenvalue weighted by molar-refractivity contribution is 5.10. The van der Waals surface area contributed by atoms with E-state index in [-0.39, 0.29) is 12.0 Å². The predicted molar refractivity (Wildman–Crippen MR) is 75.9 cm³/mol. The van der Waals surface area contributed by atoms with E-state index in [2.05, 4.69) is 4.90 Å². The van der Waals surface area contributed by atoms with Gasteiger partial charge in [0.15, 0.2) is 0 Å². The molecule has 3 rings (SSSR count). The molecule has 0 radical (unpaired) electrons. The second kappa shape index (κ2) is 6.33. The van der Waals surface area contributed by atoms with Crippen LogP contribution in [0.4, 0.5) is 0 Å². The molecule has 1 saturated heterocycles. The normalized spacial score (nSPS) is 30.4. The Balaban J connectivity index is 1.54. The quantitative estimate of drug-likeness (QED) is 0.799. The molecule has 3 N–H and O–H groups in total. The number of nitrogens with two attached hydrogens (primary N) is 1. The summed E-state index contributed by atoms with van der Waals surface area (Å²) in [6.45, 7) is 4.33. The third-order valence-electron chi connectivity index (χ3n) is 4.73. The van der Waals surface area contributed by atoms with E-state index < -0.39 is 6.10 Å². The molecular formula is C15H26N2O3. The van der Waals surface area contributed by atoms with Crippen molar-refractivity contribution in [1.29, 1.82) is 0 Å². The molecule has 20 heavy (non-hydrogen) atoms. The van der Waals surface area contributed by atoms with Crippen molar-refractivity contribution in [3.63, 3.8) is 0 Å². The van der Waals surface area contributed by atoms with Gasteiger partial charge in [-0.15, -0.1) is 0 Å². The van der Waals surface area contributed by atoms with Crippen molar-refractivity contribution in [2.24, 2.45) is 11.7 Å². The monoisotopic (exact) mass is 282 g/mol. The Morgan fingerprint density at radius 2 is 1.90 bits per heavy atom. The van der Waals surface area contributed by atoms with Gasteiger partial charge in [-0.2, -0.15) is 0 Å². The summed E-state index contributed by atoms with van der Waals surface area (Å²) in [6.07, 6.45) is 4.64. The van der Waals surface area contributed by atoms with E-state index in [0.717, 1.165) is 50.4 Å². The first-order chi connectivity index (χ1) is 9.74. The van der Waals surface area contributed by atoms with Crippen molar-refractivity contribution in [1.82, 2.24) is 4.90 Å². The molecule has 3 aliphatic rings. The van der Waals surface area contributed by atoms with Crippen LogP contribution in [0.2, 0.25) is 0 Å². The van der Waals surface area contributed by atoms with Gasteiger partial charge in [-0.25, -0.2) is 0 Å². The number of likely N-dealkylation sites (tertiary alicyclic amines) is 1. The summed E-state index contributed by atoms with van der Waals surface area (Å²) >= 11 is 0. The minimum atomic E-state index is -0.449. The van der Waals surface area contributed by atoms with Crippen LogP contribution in [0.25, 0.3) is 0 Å². The first kappa shape index (κ1) is 14.2. The van der Waals surface area contributed by atoms with E-state index in [9.17, 15) is 5.11 Å². The molecule has 5 heteroatoms. The lowest BCUT2D eigenvalue weighted by atomic mass is 9.84. The van der Waals surface area contributed by atoms with Crippen molar-refractivity contribution >= 4 is 0 Å². The Kier molecular flexibility index (Phi) is 4.48. The lowest BCUT2D eigenvalue weighted by Gasteiger charge is -2.35. The number of ether oxygens (including phenoxy) is 2. The van der Waals surface area contributed by atoms with Crippen molar-refractivity contribution in [3.05, 3.63) is 11.5 Å². The van der Waals surface area contributed by atoms with Gasteiger partial charge in [-0.05, 0) is 38.3 Å². The Bertz CT molecular complexity index is 366. The standard InChI is InChI=1S/C15H26N2O3/c16-12(10-17-5-1-2-6-17)15(18)11-3-4-13-14(9-11)20-8-7-19-13/h11-12,15,18H,1-10,16H2/t11?,12-,15-/m1/s1. The van der Waals surface area contributed by atoms with Gasteiger partial charge in [0.05, 0.1) is 6.10 Å². The summed E-state index contributed by atoms with van der Waals surface area (Å²) in [5, 5.41) is 10.5. The Morgan fingerprint density at radius 1 is 1.20 bits per heavy atom. The van der Waals surface area contributed by atoms with Crippen LogP contribution >= 0.6 is 0 Å². The first-order valence-corrected chi connectivity index (χ1v) is 7.87. The van der Waals surface area contributed by atoms with Crippen molar-refractivity contribution in [2.75, 3.05) is 32.8 Å². The van der Waals surface area contributed by atoms with Gasteiger partial charge in [-0.1, -0.05) is 0 Å². The summed E-state index contributed by atoms with van der Waals surface area (Å²) in [5.41, 5.74) is 6.22. The minimum absolute atomic E-state index is 0.162. The fourth-order valence-corrected chi connectivity index (χ4v) is 3.54. The molecular weight excluding hydrogens is 256 g/mol. The summed E-state index contributed by atoms with van der Waals surface area (Å²) < 4.78 is 11.3. The molecule has 0 aromatic rings. The molecule has 1 fully saturated rings. The number of nitrogens with zero attached hydrogens (tertiary/aromatic N) is 1. The van der Waals surface area contributed by atoms with E-state index >= 15 is 0 Å². The lowest BCUT2D eigenvalue weighted by molar-refractivity contribution is 0.00739. The third-order valence-corrected chi connectivity index (χ3v) is 4.73. The average molecular weight is 282 g/mol. The number of rotatable bonds is 4. The average Bonchev–Trinajstić information content (AvgIpc) is 2.99. The van der Waals surface area contributed by atoms with E-state index in [4.69, 9.17) is 15.2 Å². The molecule has 0 bridgehead atoms. The molecule has 1 aliphatic carbocycles. The number of aliphatic hydroxyl groups excluding tert-OH is 1. The zero-order valence-electron chi connectivity index (χ0n) is 12.1. The first-order valence-electron chi connectivity index (χ1n) is 7.87. The van der Waals surface area contributed by atoms with Crippen LogP contribution in [0.5, 0.6) is 0 Å². The Labute approximate surface area is 120 Å². The number of aliphatic hydroxyl groups is 1. The van der Waals surface area contributed by atoms with Gasteiger partial charge in [0, 0.05) is 25.4 Å². The summed E-state index contributed by atoms with van der Waals surface area (Å²) in [5.74, 6) is 2.14. The fraction of sp³-hybridized carbons (Fsp3) is 0.867. The summed E-state index contributed by atoms with van der Waals surface area (Å²) in [6, 6.07) is -0.162. The smallest absolute Gasteiger partial charge is 0.134 e. The van der Waals surface area contributed by atoms with Gasteiger partial charge < -0.3 is 25.2 Å². The molecule has 5 nitrogen and oxygen atoms in total. The zero-order chi connectivity index (χ0) is 13.9. The third kappa shape index (κ3) is 3.10. The van der Waals surface area contributed by atoms with Gasteiger partial charge in [-0.3, -0.25) is 0 Å². The van der Waals surface area contributed by atoms with Gasteiger partial charge in [0.2, 0.25) is 0 Å². The number of hydrogen-bond acceptors (Lipinski definition) is 5. The molecule has 0 spiro atoms. The molecule has 114 valence electrons. The molecule has 0 saturated carbocycles. The van der Waals surface area contributed by atoms with Crippen LogP contribution in [0, 0.1) is 5.92 Å². The molecule has 0 aromatic carbocycles. The highest BCUT2D eigenvalue weighted by atomic mass is 16.6. The summed E-state index contributed by atoms with van der Waals surface area (Å²) in [7, 11) is 0. The Hall–Kier alpha value is -0.780. The van der Waals surface area contributed by atoms with Crippen molar-refractivity contribution in [3.8, 4) is 0 Å². The highest BCUT2D eigenvalue weighted by Crippen LogP contribution is 2.35. The van der Waals surface area contributed by atoms with Gasteiger partial charge >= 0.3 is 0 Å². The van der Waals surface area contributed by atoms with E-state index in [0.29, 0.717) is 13.2 Å². The molecule has 2 aliphatic heterocycles. The lowest BCUT2D eigenvalue weighted by Crippen LogP contribution is -2.48. The van der Waals surface area contributed by atoms with E-state index in [1.807, 2.05) is 0 Å². The maximum atomic E-state index is 10.5. The van der Waals surface area contributed by atoms with Crippen LogP contribution in [0.15, 0.2) is 11.5 Å². The van der Waals surface area contributed by atoms with Crippen LogP contribution in [0.3, 0.4) is 0 Å². The maximum Gasteiger partial charge on any atom is 0.134 e. The largest absolute Gasteiger partial charge is 0.491 e. The van der Waals surface area contributed by atoms with Crippen LogP contribution in [-0.2, 0) is 9.47 Å². The second-order valence-corrected chi connectivity index (χ2v) is 6.21. The van der Waals surface area contributed by atoms with Crippen molar-refractivity contribution < 1.29 is 14.6 Å². The van der Waals surface area contributed by atoms with Crippen molar-refractivity contribution in [2.45, 2.75) is 44.2 Å². The second-order valence-electron chi connectivity index (χ2n) is 6.21. The molecule has 1 unspecified atom stereocenters. The number of hydrogen-bond donors (Lipinski definition) is 2. The molecule has 0 aromatic heterocycles. The Morgan fingerprint density at radius 3 is 2.65 bits per heavy atom. The number of allylic oxidation sites excluding steroid dienone is 2.